The highest BCUT2D eigenvalue weighted by Crippen LogP contribution is 2.23. The number of aliphatic hydroxyl groups excluding tert-OH is 4. The fraction of sp³-hybridized carbons (Fsp3) is 0.922. The summed E-state index contributed by atoms with van der Waals surface area (Å²) in [5.74, 6) is -0.810. The molecule has 0 radical (unpaired) electrons. The summed E-state index contributed by atoms with van der Waals surface area (Å²) in [5, 5.41) is 40.2. The summed E-state index contributed by atoms with van der Waals surface area (Å²) in [5.41, 5.74) is 0. The van der Waals surface area contributed by atoms with Crippen LogP contribution in [0.3, 0.4) is 0 Å². The van der Waals surface area contributed by atoms with Gasteiger partial charge in [-0.3, -0.25) is 9.59 Å². The van der Waals surface area contributed by atoms with Crippen LogP contribution in [0.5, 0.6) is 0 Å². The number of carbonyl (C=O) groups excluding carboxylic acids is 2. The van der Waals surface area contributed by atoms with Crippen LogP contribution in [-0.4, -0.2) is 89.0 Å². The zero-order valence-corrected chi connectivity index (χ0v) is 39.4. The van der Waals surface area contributed by atoms with E-state index in [1.54, 1.807) is 0 Å². The third-order valence-electron chi connectivity index (χ3n) is 12.2. The van der Waals surface area contributed by atoms with Gasteiger partial charge in [0.05, 0.1) is 13.2 Å². The van der Waals surface area contributed by atoms with E-state index in [0.717, 1.165) is 44.9 Å². The Morgan fingerprint density at radius 2 is 0.869 bits per heavy atom. The summed E-state index contributed by atoms with van der Waals surface area (Å²) in [6.07, 6.45) is 39.4. The van der Waals surface area contributed by atoms with E-state index < -0.39 is 49.4 Å². The van der Waals surface area contributed by atoms with Crippen molar-refractivity contribution in [2.24, 2.45) is 0 Å². The van der Waals surface area contributed by atoms with Crippen LogP contribution in [-0.2, 0) is 28.5 Å². The second-order valence-electron chi connectivity index (χ2n) is 18.0. The Balaban J connectivity index is 2.25. The van der Waals surface area contributed by atoms with E-state index in [-0.39, 0.29) is 32.0 Å². The molecule has 4 N–H and O–H groups in total. The van der Waals surface area contributed by atoms with E-state index in [1.165, 1.54) is 161 Å². The minimum absolute atomic E-state index is 0.219. The lowest BCUT2D eigenvalue weighted by Crippen LogP contribution is -2.59. The SMILES string of the molecule is CCCCCCCCCC/C=C/CCCCCC(=O)OC[C@H](CO[C@@H]1O[C@H](CO)[C@H](O)C(O)C1O)OC(=O)CCCCCCCCCCCCCCCCCCCCCCC. The lowest BCUT2D eigenvalue weighted by molar-refractivity contribution is -0.305. The first-order valence-electron chi connectivity index (χ1n) is 25.8. The van der Waals surface area contributed by atoms with Crippen molar-refractivity contribution in [1.29, 1.82) is 0 Å². The molecule has 0 bridgehead atoms. The Labute approximate surface area is 373 Å². The average Bonchev–Trinajstić information content (AvgIpc) is 3.26. The van der Waals surface area contributed by atoms with Crippen molar-refractivity contribution in [3.05, 3.63) is 12.2 Å². The number of hydrogen-bond donors (Lipinski definition) is 4. The number of esters is 2. The molecule has 61 heavy (non-hydrogen) atoms. The first kappa shape index (κ1) is 57.5. The van der Waals surface area contributed by atoms with Crippen LogP contribution in [0.15, 0.2) is 12.2 Å². The summed E-state index contributed by atoms with van der Waals surface area (Å²) in [4.78, 5) is 25.4. The van der Waals surface area contributed by atoms with E-state index in [1.807, 2.05) is 0 Å². The number of hydrogen-bond acceptors (Lipinski definition) is 10. The van der Waals surface area contributed by atoms with Crippen molar-refractivity contribution >= 4 is 11.9 Å². The van der Waals surface area contributed by atoms with Gasteiger partial charge < -0.3 is 39.4 Å². The van der Waals surface area contributed by atoms with E-state index in [0.29, 0.717) is 12.8 Å². The summed E-state index contributed by atoms with van der Waals surface area (Å²) in [7, 11) is 0. The quantitative estimate of drug-likeness (QED) is 0.0264. The van der Waals surface area contributed by atoms with Gasteiger partial charge >= 0.3 is 11.9 Å². The maximum Gasteiger partial charge on any atom is 0.306 e. The third-order valence-corrected chi connectivity index (χ3v) is 12.2. The predicted octanol–water partition coefficient (Wildman–Crippen LogP) is 11.9. The van der Waals surface area contributed by atoms with Gasteiger partial charge in [-0.15, -0.1) is 0 Å². The first-order chi connectivity index (χ1) is 29.8. The number of carbonyl (C=O) groups is 2. The minimum atomic E-state index is -1.59. The van der Waals surface area contributed by atoms with Gasteiger partial charge in [-0.1, -0.05) is 206 Å². The number of ether oxygens (including phenoxy) is 4. The monoisotopic (exact) mass is 869 g/mol. The zero-order valence-electron chi connectivity index (χ0n) is 39.4. The summed E-state index contributed by atoms with van der Waals surface area (Å²) in [6, 6.07) is 0. The van der Waals surface area contributed by atoms with Gasteiger partial charge in [0.25, 0.3) is 0 Å². The zero-order chi connectivity index (χ0) is 44.4. The summed E-state index contributed by atoms with van der Waals surface area (Å²) < 4.78 is 22.2. The van der Waals surface area contributed by atoms with Gasteiger partial charge in [0.15, 0.2) is 12.4 Å². The molecule has 1 aliphatic heterocycles. The molecule has 10 nitrogen and oxygen atoms in total. The smallest absolute Gasteiger partial charge is 0.306 e. The van der Waals surface area contributed by atoms with Crippen molar-refractivity contribution in [3.63, 3.8) is 0 Å². The molecular formula is C51H96O10. The van der Waals surface area contributed by atoms with Gasteiger partial charge in [-0.05, 0) is 38.5 Å². The maximum absolute atomic E-state index is 12.8. The fourth-order valence-corrected chi connectivity index (χ4v) is 8.07. The lowest BCUT2D eigenvalue weighted by atomic mass is 9.99. The van der Waals surface area contributed by atoms with E-state index in [2.05, 4.69) is 26.0 Å². The Kier molecular flexibility index (Phi) is 39.9. The van der Waals surface area contributed by atoms with Gasteiger partial charge in [0.2, 0.25) is 0 Å². The molecule has 360 valence electrons. The Morgan fingerprint density at radius 1 is 0.492 bits per heavy atom. The van der Waals surface area contributed by atoms with E-state index in [4.69, 9.17) is 18.9 Å². The molecule has 0 spiro atoms. The van der Waals surface area contributed by atoms with Gasteiger partial charge in [-0.2, -0.15) is 0 Å². The molecule has 1 heterocycles. The highest BCUT2D eigenvalue weighted by molar-refractivity contribution is 5.70. The van der Waals surface area contributed by atoms with Crippen LogP contribution in [0.2, 0.25) is 0 Å². The van der Waals surface area contributed by atoms with Crippen LogP contribution < -0.4 is 0 Å². The molecule has 1 aliphatic rings. The molecule has 10 heteroatoms. The molecule has 0 aliphatic carbocycles. The maximum atomic E-state index is 12.8. The number of rotatable bonds is 44. The highest BCUT2D eigenvalue weighted by Gasteiger charge is 2.44. The van der Waals surface area contributed by atoms with Gasteiger partial charge in [0, 0.05) is 12.8 Å². The van der Waals surface area contributed by atoms with E-state index >= 15 is 0 Å². The molecule has 1 saturated heterocycles. The van der Waals surface area contributed by atoms with E-state index in [9.17, 15) is 30.0 Å². The Morgan fingerprint density at radius 3 is 1.30 bits per heavy atom. The molecule has 0 saturated carbocycles. The lowest BCUT2D eigenvalue weighted by Gasteiger charge is -2.39. The van der Waals surface area contributed by atoms with Crippen molar-refractivity contribution in [1.82, 2.24) is 0 Å². The third kappa shape index (κ3) is 33.6. The molecule has 6 atom stereocenters. The summed E-state index contributed by atoms with van der Waals surface area (Å²) in [6.45, 7) is 3.45. The highest BCUT2D eigenvalue weighted by atomic mass is 16.7. The van der Waals surface area contributed by atoms with Crippen molar-refractivity contribution in [2.45, 2.75) is 282 Å². The molecular weight excluding hydrogens is 773 g/mol. The van der Waals surface area contributed by atoms with Crippen molar-refractivity contribution in [3.8, 4) is 0 Å². The Bertz CT molecular complexity index is 1010. The number of unbranched alkanes of at least 4 members (excludes halogenated alkanes) is 31. The summed E-state index contributed by atoms with van der Waals surface area (Å²) >= 11 is 0. The topological polar surface area (TPSA) is 152 Å². The normalized spacial score (nSPS) is 19.7. The fourth-order valence-electron chi connectivity index (χ4n) is 8.07. The van der Waals surface area contributed by atoms with Crippen LogP contribution in [0, 0.1) is 0 Å². The number of aliphatic hydroxyl groups is 4. The molecule has 0 aromatic rings. The number of allylic oxidation sites excluding steroid dienone is 2. The van der Waals surface area contributed by atoms with Crippen LogP contribution in [0.1, 0.15) is 245 Å². The van der Waals surface area contributed by atoms with Gasteiger partial charge in [-0.25, -0.2) is 0 Å². The van der Waals surface area contributed by atoms with Crippen molar-refractivity contribution < 1.29 is 49.0 Å². The predicted molar refractivity (Wildman–Crippen MR) is 247 cm³/mol. The molecule has 0 aromatic heterocycles. The Hall–Kier alpha value is -1.56. The molecule has 0 amide bonds. The van der Waals surface area contributed by atoms with Crippen LogP contribution >= 0.6 is 0 Å². The average molecular weight is 869 g/mol. The second-order valence-corrected chi connectivity index (χ2v) is 18.0. The standard InChI is InChI=1S/C51H96O10/c1-3-5-7-9-11-13-15-17-19-20-21-22-23-24-26-28-30-32-34-36-38-40-47(54)60-44(43-59-51-50(57)49(56)48(55)45(41-52)61-51)42-58-46(53)39-37-35-33-31-29-27-25-18-16-14-12-10-8-6-4-2/h27,29,44-45,48-52,55-57H,3-26,28,30-43H2,1-2H3/b29-27+/t44-,45-,48+,49?,50?,51-/m1/s1. The largest absolute Gasteiger partial charge is 0.462 e. The molecule has 0 aromatic carbocycles. The molecule has 1 rings (SSSR count). The molecule has 1 fully saturated rings. The second kappa shape index (κ2) is 42.4. The molecule has 2 unspecified atom stereocenters. The minimum Gasteiger partial charge on any atom is -0.462 e. The van der Waals surface area contributed by atoms with Gasteiger partial charge in [0.1, 0.15) is 31.0 Å². The van der Waals surface area contributed by atoms with Crippen LogP contribution in [0.25, 0.3) is 0 Å². The van der Waals surface area contributed by atoms with Crippen LogP contribution in [0.4, 0.5) is 0 Å². The first-order valence-corrected chi connectivity index (χ1v) is 25.8. The van der Waals surface area contributed by atoms with Crippen molar-refractivity contribution in [2.75, 3.05) is 19.8 Å².